The van der Waals surface area contributed by atoms with E-state index in [9.17, 15) is 4.79 Å². The molecule has 1 amide bonds. The van der Waals surface area contributed by atoms with Gasteiger partial charge in [-0.25, -0.2) is 4.98 Å². The van der Waals surface area contributed by atoms with E-state index in [1.54, 1.807) is 13.3 Å². The molecule has 0 unspecified atom stereocenters. The fraction of sp³-hybridized carbons (Fsp3) is 0.143. The average Bonchev–Trinajstić information content (AvgIpc) is 3.13. The lowest BCUT2D eigenvalue weighted by Crippen LogP contribution is -2.22. The minimum Gasteiger partial charge on any atom is -0.496 e. The van der Waals surface area contributed by atoms with Gasteiger partial charge in [-0.3, -0.25) is 4.79 Å². The second-order valence-electron chi connectivity index (χ2n) is 4.29. The molecule has 3 aromatic rings. The molecule has 0 radical (unpaired) electrons. The Morgan fingerprint density at radius 3 is 3.05 bits per heavy atom. The van der Waals surface area contributed by atoms with Crippen LogP contribution in [0.25, 0.3) is 10.1 Å². The van der Waals surface area contributed by atoms with Crippen LogP contribution in [0.3, 0.4) is 0 Å². The number of methoxy groups -OCH3 is 1. The number of nitrogens with one attached hydrogen (secondary N) is 1. The van der Waals surface area contributed by atoms with E-state index in [-0.39, 0.29) is 5.91 Å². The number of anilines is 1. The van der Waals surface area contributed by atoms with Crippen molar-refractivity contribution >= 4 is 44.4 Å². The van der Waals surface area contributed by atoms with Crippen LogP contribution in [0, 0.1) is 0 Å². The van der Waals surface area contributed by atoms with Crippen LogP contribution in [0.4, 0.5) is 5.69 Å². The van der Waals surface area contributed by atoms with E-state index >= 15 is 0 Å². The molecule has 0 aliphatic heterocycles. The van der Waals surface area contributed by atoms with Gasteiger partial charge in [0.2, 0.25) is 0 Å². The summed E-state index contributed by atoms with van der Waals surface area (Å²) in [5.74, 6) is 0.492. The van der Waals surface area contributed by atoms with Crippen molar-refractivity contribution in [1.29, 1.82) is 0 Å². The number of hydrogen-bond acceptors (Lipinski definition) is 6. The number of carbonyl (C=O) groups excluding carboxylic acids is 1. The number of aromatic nitrogens is 1. The van der Waals surface area contributed by atoms with Crippen LogP contribution in [0.15, 0.2) is 29.8 Å². The number of carbonyl (C=O) groups is 1. The molecule has 0 atom stereocenters. The third-order valence-corrected chi connectivity index (χ3v) is 4.97. The Labute approximate surface area is 129 Å². The molecule has 0 bridgehead atoms. The molecule has 21 heavy (non-hydrogen) atoms. The summed E-state index contributed by atoms with van der Waals surface area (Å²) in [6.45, 7) is 0.404. The maximum Gasteiger partial charge on any atom is 0.263 e. The lowest BCUT2D eigenvalue weighted by molar-refractivity contribution is 0.0956. The molecule has 0 aliphatic carbocycles. The average molecular weight is 319 g/mol. The van der Waals surface area contributed by atoms with Crippen LogP contribution in [0.2, 0.25) is 0 Å². The molecular weight excluding hydrogens is 306 g/mol. The van der Waals surface area contributed by atoms with E-state index in [2.05, 4.69) is 10.3 Å². The lowest BCUT2D eigenvalue weighted by Gasteiger charge is -2.03. The molecule has 2 heterocycles. The van der Waals surface area contributed by atoms with Crippen molar-refractivity contribution in [1.82, 2.24) is 10.3 Å². The van der Waals surface area contributed by atoms with Gasteiger partial charge in [0.15, 0.2) is 0 Å². The first-order valence-electron chi connectivity index (χ1n) is 6.22. The van der Waals surface area contributed by atoms with Gasteiger partial charge in [0.1, 0.15) is 15.6 Å². The van der Waals surface area contributed by atoms with Crippen LogP contribution in [-0.4, -0.2) is 18.0 Å². The van der Waals surface area contributed by atoms with Crippen LogP contribution in [0.1, 0.15) is 14.7 Å². The summed E-state index contributed by atoms with van der Waals surface area (Å²) in [5.41, 5.74) is 6.58. The van der Waals surface area contributed by atoms with Crippen molar-refractivity contribution in [3.05, 3.63) is 39.7 Å². The molecule has 0 fully saturated rings. The van der Waals surface area contributed by atoms with Crippen LogP contribution in [0.5, 0.6) is 5.75 Å². The molecule has 2 aromatic heterocycles. The van der Waals surface area contributed by atoms with Gasteiger partial charge in [-0.1, -0.05) is 6.07 Å². The van der Waals surface area contributed by atoms with Crippen LogP contribution >= 0.6 is 22.7 Å². The van der Waals surface area contributed by atoms with Crippen molar-refractivity contribution in [3.63, 3.8) is 0 Å². The summed E-state index contributed by atoms with van der Waals surface area (Å²) in [5, 5.41) is 6.37. The van der Waals surface area contributed by atoms with E-state index in [4.69, 9.17) is 10.5 Å². The van der Waals surface area contributed by atoms with Crippen molar-refractivity contribution in [2.75, 3.05) is 12.8 Å². The van der Waals surface area contributed by atoms with Gasteiger partial charge in [-0.15, -0.1) is 22.7 Å². The molecule has 108 valence electrons. The highest BCUT2D eigenvalue weighted by Crippen LogP contribution is 2.39. The summed E-state index contributed by atoms with van der Waals surface area (Å²) in [6, 6.07) is 5.65. The van der Waals surface area contributed by atoms with Crippen LogP contribution < -0.4 is 15.8 Å². The summed E-state index contributed by atoms with van der Waals surface area (Å²) < 4.78 is 6.24. The number of ether oxygens (including phenoxy) is 1. The molecule has 3 N–H and O–H groups in total. The third-order valence-electron chi connectivity index (χ3n) is 3.02. The van der Waals surface area contributed by atoms with E-state index in [0.29, 0.717) is 22.9 Å². The molecule has 0 aliphatic rings. The van der Waals surface area contributed by atoms with Gasteiger partial charge in [-0.05, 0) is 12.1 Å². The predicted octanol–water partition coefficient (Wildman–Crippen LogP) is 2.88. The van der Waals surface area contributed by atoms with Crippen molar-refractivity contribution in [3.8, 4) is 5.75 Å². The number of nitrogens with two attached hydrogens (primary N) is 1. The Morgan fingerprint density at radius 1 is 1.48 bits per heavy atom. The number of hydrogen-bond donors (Lipinski definition) is 2. The van der Waals surface area contributed by atoms with Crippen LogP contribution in [-0.2, 0) is 6.54 Å². The quantitative estimate of drug-likeness (QED) is 0.775. The Hall–Kier alpha value is -2.12. The minimum absolute atomic E-state index is 0.189. The van der Waals surface area contributed by atoms with E-state index in [0.717, 1.165) is 15.1 Å². The third kappa shape index (κ3) is 2.57. The number of thiazole rings is 1. The van der Waals surface area contributed by atoms with E-state index < -0.39 is 0 Å². The summed E-state index contributed by atoms with van der Waals surface area (Å²) in [6.07, 6.45) is 1.71. The van der Waals surface area contributed by atoms with Crippen molar-refractivity contribution in [2.45, 2.75) is 6.54 Å². The second kappa shape index (κ2) is 5.71. The van der Waals surface area contributed by atoms with Gasteiger partial charge in [-0.2, -0.15) is 0 Å². The Kier molecular flexibility index (Phi) is 3.76. The number of thiophene rings is 1. The molecule has 0 spiro atoms. The zero-order valence-corrected chi connectivity index (χ0v) is 12.9. The lowest BCUT2D eigenvalue weighted by atomic mass is 10.2. The second-order valence-corrected chi connectivity index (χ2v) is 6.32. The van der Waals surface area contributed by atoms with Gasteiger partial charge >= 0.3 is 0 Å². The first kappa shape index (κ1) is 13.8. The molecule has 5 nitrogen and oxygen atoms in total. The first-order chi connectivity index (χ1) is 10.2. The minimum atomic E-state index is -0.189. The monoisotopic (exact) mass is 319 g/mol. The van der Waals surface area contributed by atoms with Gasteiger partial charge < -0.3 is 15.8 Å². The van der Waals surface area contributed by atoms with E-state index in [1.165, 1.54) is 22.7 Å². The zero-order valence-electron chi connectivity index (χ0n) is 11.3. The SMILES string of the molecule is COc1cccc2sc(C(=O)NCc3nccs3)c(N)c12. The maximum atomic E-state index is 12.3. The zero-order chi connectivity index (χ0) is 14.8. The Morgan fingerprint density at radius 2 is 2.33 bits per heavy atom. The fourth-order valence-electron chi connectivity index (χ4n) is 2.06. The van der Waals surface area contributed by atoms with Gasteiger partial charge in [0.25, 0.3) is 5.91 Å². The first-order valence-corrected chi connectivity index (χ1v) is 7.92. The number of amides is 1. The molecule has 0 saturated heterocycles. The maximum absolute atomic E-state index is 12.3. The fourth-order valence-corrected chi connectivity index (χ4v) is 3.67. The van der Waals surface area contributed by atoms with Crippen molar-refractivity contribution in [2.24, 2.45) is 0 Å². The van der Waals surface area contributed by atoms with Gasteiger partial charge in [0, 0.05) is 16.3 Å². The van der Waals surface area contributed by atoms with E-state index in [1.807, 2.05) is 23.6 Å². The normalized spacial score (nSPS) is 10.7. The summed E-state index contributed by atoms with van der Waals surface area (Å²) in [7, 11) is 1.59. The number of benzene rings is 1. The number of rotatable bonds is 4. The molecule has 7 heteroatoms. The predicted molar refractivity (Wildman–Crippen MR) is 86.1 cm³/mol. The highest BCUT2D eigenvalue weighted by molar-refractivity contribution is 7.21. The summed E-state index contributed by atoms with van der Waals surface area (Å²) >= 11 is 2.87. The smallest absolute Gasteiger partial charge is 0.263 e. The molecular formula is C14H13N3O2S2. The Bertz CT molecular complexity index is 781. The molecule has 1 aromatic carbocycles. The van der Waals surface area contributed by atoms with Gasteiger partial charge in [0.05, 0.1) is 24.7 Å². The van der Waals surface area contributed by atoms with Crippen molar-refractivity contribution < 1.29 is 9.53 Å². The number of nitrogens with zero attached hydrogens (tertiary/aromatic N) is 1. The standard InChI is InChI=1S/C14H13N3O2S2/c1-19-8-3-2-4-9-11(8)12(15)13(21-9)14(18)17-7-10-16-5-6-20-10/h2-6H,7,15H2,1H3,(H,17,18). The molecule has 0 saturated carbocycles. The largest absolute Gasteiger partial charge is 0.496 e. The highest BCUT2D eigenvalue weighted by atomic mass is 32.1. The topological polar surface area (TPSA) is 77.2 Å². The Balaban J connectivity index is 1.89. The number of nitrogen functional groups attached to an aromatic ring is 1. The highest BCUT2D eigenvalue weighted by Gasteiger charge is 2.18. The summed E-state index contributed by atoms with van der Waals surface area (Å²) in [4.78, 5) is 16.9. The number of fused-ring (bicyclic) bond motifs is 1. The molecule has 3 rings (SSSR count).